The van der Waals surface area contributed by atoms with Crippen molar-refractivity contribution < 1.29 is 14.6 Å². The van der Waals surface area contributed by atoms with Crippen molar-refractivity contribution in [3.63, 3.8) is 0 Å². The molecule has 3 nitrogen and oxygen atoms in total. The van der Waals surface area contributed by atoms with Crippen molar-refractivity contribution in [2.24, 2.45) is 0 Å². The second kappa shape index (κ2) is 7.17. The van der Waals surface area contributed by atoms with Crippen LogP contribution >= 0.6 is 11.6 Å². The van der Waals surface area contributed by atoms with Crippen LogP contribution in [0, 0.1) is 6.92 Å². The van der Waals surface area contributed by atoms with E-state index in [-0.39, 0.29) is 6.42 Å². The molecule has 4 heteroatoms. The van der Waals surface area contributed by atoms with Crippen molar-refractivity contribution in [1.82, 2.24) is 0 Å². The topological polar surface area (TPSA) is 46.5 Å². The standard InChI is InChI=1S/C13H17ClO3/c1-10-6-7-11(14)9-12(10)17-8-4-2-3-5-13(15)16/h6-7,9H,2-5,8H2,1H3,(H,15,16). The summed E-state index contributed by atoms with van der Waals surface area (Å²) in [6.07, 6.45) is 2.66. The van der Waals surface area contributed by atoms with Gasteiger partial charge < -0.3 is 9.84 Å². The lowest BCUT2D eigenvalue weighted by molar-refractivity contribution is -0.137. The molecule has 0 aromatic heterocycles. The molecule has 1 aromatic rings. The molecular formula is C13H17ClO3. The van der Waals surface area contributed by atoms with E-state index in [2.05, 4.69) is 0 Å². The summed E-state index contributed by atoms with van der Waals surface area (Å²) in [5.41, 5.74) is 1.06. The average molecular weight is 257 g/mol. The molecule has 0 amide bonds. The van der Waals surface area contributed by atoms with Crippen LogP contribution in [0.15, 0.2) is 18.2 Å². The van der Waals surface area contributed by atoms with E-state index in [9.17, 15) is 4.79 Å². The van der Waals surface area contributed by atoms with Gasteiger partial charge in [-0.1, -0.05) is 17.7 Å². The van der Waals surface area contributed by atoms with Crippen LogP contribution in [0.2, 0.25) is 5.02 Å². The van der Waals surface area contributed by atoms with Gasteiger partial charge in [-0.3, -0.25) is 4.79 Å². The highest BCUT2D eigenvalue weighted by Gasteiger charge is 2.01. The summed E-state index contributed by atoms with van der Waals surface area (Å²) >= 11 is 5.87. The molecule has 0 aliphatic heterocycles. The molecule has 0 aliphatic carbocycles. The first kappa shape index (κ1) is 13.8. The Kier molecular flexibility index (Phi) is 5.84. The maximum absolute atomic E-state index is 10.3. The van der Waals surface area contributed by atoms with Crippen LogP contribution in [0.4, 0.5) is 0 Å². The fourth-order valence-electron chi connectivity index (χ4n) is 1.47. The van der Waals surface area contributed by atoms with Crippen molar-refractivity contribution in [2.75, 3.05) is 6.61 Å². The highest BCUT2D eigenvalue weighted by Crippen LogP contribution is 2.22. The lowest BCUT2D eigenvalue weighted by Gasteiger charge is -2.09. The Morgan fingerprint density at radius 1 is 1.35 bits per heavy atom. The quantitative estimate of drug-likeness (QED) is 0.757. The molecule has 0 saturated carbocycles. The number of carboxylic acid groups (broad SMARTS) is 1. The number of carboxylic acids is 1. The fourth-order valence-corrected chi connectivity index (χ4v) is 1.63. The molecule has 94 valence electrons. The van der Waals surface area contributed by atoms with Crippen LogP contribution in [-0.2, 0) is 4.79 Å². The predicted octanol–water partition coefficient (Wildman–Crippen LogP) is 3.67. The molecular weight excluding hydrogens is 240 g/mol. The van der Waals surface area contributed by atoms with Crippen LogP contribution in [-0.4, -0.2) is 17.7 Å². The van der Waals surface area contributed by atoms with Crippen LogP contribution in [0.5, 0.6) is 5.75 Å². The van der Waals surface area contributed by atoms with Gasteiger partial charge in [0.15, 0.2) is 0 Å². The van der Waals surface area contributed by atoms with Gasteiger partial charge in [0, 0.05) is 11.4 Å². The van der Waals surface area contributed by atoms with Crippen LogP contribution in [0.25, 0.3) is 0 Å². The first-order valence-corrected chi connectivity index (χ1v) is 6.08. The van der Waals surface area contributed by atoms with E-state index in [0.717, 1.165) is 24.2 Å². The zero-order valence-corrected chi connectivity index (χ0v) is 10.7. The third-order valence-electron chi connectivity index (χ3n) is 2.44. The van der Waals surface area contributed by atoms with Gasteiger partial charge in [-0.25, -0.2) is 0 Å². The van der Waals surface area contributed by atoms with E-state index in [4.69, 9.17) is 21.4 Å². The SMILES string of the molecule is Cc1ccc(Cl)cc1OCCCCCC(=O)O. The van der Waals surface area contributed by atoms with E-state index >= 15 is 0 Å². The largest absolute Gasteiger partial charge is 0.493 e. The Balaban J connectivity index is 2.22. The minimum Gasteiger partial charge on any atom is -0.493 e. The monoisotopic (exact) mass is 256 g/mol. The van der Waals surface area contributed by atoms with E-state index in [1.165, 1.54) is 0 Å². The lowest BCUT2D eigenvalue weighted by atomic mass is 10.2. The van der Waals surface area contributed by atoms with Gasteiger partial charge in [-0.2, -0.15) is 0 Å². The number of carbonyl (C=O) groups is 1. The van der Waals surface area contributed by atoms with Crippen LogP contribution in [0.3, 0.4) is 0 Å². The van der Waals surface area contributed by atoms with E-state index in [1.807, 2.05) is 19.1 Å². The summed E-state index contributed by atoms with van der Waals surface area (Å²) in [7, 11) is 0. The summed E-state index contributed by atoms with van der Waals surface area (Å²) in [4.78, 5) is 10.3. The van der Waals surface area contributed by atoms with Gasteiger partial charge in [-0.15, -0.1) is 0 Å². The predicted molar refractivity (Wildman–Crippen MR) is 67.8 cm³/mol. The third kappa shape index (κ3) is 5.59. The molecule has 1 aromatic carbocycles. The Labute approximate surface area is 106 Å². The average Bonchev–Trinajstić information content (AvgIpc) is 2.27. The normalized spacial score (nSPS) is 10.2. The van der Waals surface area contributed by atoms with Gasteiger partial charge >= 0.3 is 5.97 Å². The number of ether oxygens (including phenoxy) is 1. The molecule has 0 saturated heterocycles. The summed E-state index contributed by atoms with van der Waals surface area (Å²) in [6.45, 7) is 2.57. The van der Waals surface area contributed by atoms with Crippen molar-refractivity contribution in [3.8, 4) is 5.75 Å². The molecule has 0 radical (unpaired) electrons. The second-order valence-electron chi connectivity index (χ2n) is 3.96. The summed E-state index contributed by atoms with van der Waals surface area (Å²) < 4.78 is 5.59. The first-order valence-electron chi connectivity index (χ1n) is 5.70. The Morgan fingerprint density at radius 3 is 2.82 bits per heavy atom. The summed E-state index contributed by atoms with van der Waals surface area (Å²) in [5.74, 6) is 0.0624. The maximum atomic E-state index is 10.3. The molecule has 0 atom stereocenters. The zero-order valence-electron chi connectivity index (χ0n) is 9.91. The smallest absolute Gasteiger partial charge is 0.303 e. The van der Waals surface area contributed by atoms with Crippen molar-refractivity contribution in [3.05, 3.63) is 28.8 Å². The lowest BCUT2D eigenvalue weighted by Crippen LogP contribution is -2.00. The summed E-state index contributed by atoms with van der Waals surface area (Å²) in [6, 6.07) is 5.55. The number of aliphatic carboxylic acids is 1. The Hall–Kier alpha value is -1.22. The third-order valence-corrected chi connectivity index (χ3v) is 2.68. The van der Waals surface area contributed by atoms with Gasteiger partial charge in [-0.05, 0) is 43.9 Å². The molecule has 1 rings (SSSR count). The number of unbranched alkanes of at least 4 members (excludes halogenated alkanes) is 2. The van der Waals surface area contributed by atoms with Crippen LogP contribution in [0.1, 0.15) is 31.2 Å². The Bertz CT molecular complexity index is 377. The molecule has 17 heavy (non-hydrogen) atoms. The minimum atomic E-state index is -0.739. The highest BCUT2D eigenvalue weighted by molar-refractivity contribution is 6.30. The number of benzene rings is 1. The van der Waals surface area contributed by atoms with Gasteiger partial charge in [0.1, 0.15) is 5.75 Å². The molecule has 0 unspecified atom stereocenters. The number of rotatable bonds is 7. The van der Waals surface area contributed by atoms with Crippen molar-refractivity contribution >= 4 is 17.6 Å². The molecule has 1 N–H and O–H groups in total. The number of hydrogen-bond donors (Lipinski definition) is 1. The maximum Gasteiger partial charge on any atom is 0.303 e. The minimum absolute atomic E-state index is 0.232. The fraction of sp³-hybridized carbons (Fsp3) is 0.462. The number of aryl methyl sites for hydroxylation is 1. The second-order valence-corrected chi connectivity index (χ2v) is 4.40. The van der Waals surface area contributed by atoms with Gasteiger partial charge in [0.05, 0.1) is 6.61 Å². The summed E-state index contributed by atoms with van der Waals surface area (Å²) in [5, 5.41) is 9.13. The van der Waals surface area contributed by atoms with Gasteiger partial charge in [0.25, 0.3) is 0 Å². The molecule has 0 bridgehead atoms. The first-order chi connectivity index (χ1) is 8.09. The molecule has 0 heterocycles. The van der Waals surface area contributed by atoms with Gasteiger partial charge in [0.2, 0.25) is 0 Å². The van der Waals surface area contributed by atoms with E-state index < -0.39 is 5.97 Å². The van der Waals surface area contributed by atoms with Crippen LogP contribution < -0.4 is 4.74 Å². The van der Waals surface area contributed by atoms with E-state index in [1.54, 1.807) is 6.07 Å². The zero-order chi connectivity index (χ0) is 12.7. The highest BCUT2D eigenvalue weighted by atomic mass is 35.5. The molecule has 0 fully saturated rings. The van der Waals surface area contributed by atoms with Crippen molar-refractivity contribution in [1.29, 1.82) is 0 Å². The van der Waals surface area contributed by atoms with Crippen molar-refractivity contribution in [2.45, 2.75) is 32.6 Å². The molecule has 0 aliphatic rings. The number of halogens is 1. The molecule has 0 spiro atoms. The number of hydrogen-bond acceptors (Lipinski definition) is 2. The van der Waals surface area contributed by atoms with E-state index in [0.29, 0.717) is 18.1 Å². The Morgan fingerprint density at radius 2 is 2.12 bits per heavy atom.